The molecule has 0 bridgehead atoms. The maximum atomic E-state index is 2.43. The van der Waals surface area contributed by atoms with E-state index >= 15 is 0 Å². The smallest absolute Gasteiger partial charge is 0.0713 e. The summed E-state index contributed by atoms with van der Waals surface area (Å²) in [5, 5.41) is 5.17. The number of hydrogen-bond acceptors (Lipinski definition) is 2. The molecule has 0 fully saturated rings. The number of aromatic nitrogens is 1. The van der Waals surface area contributed by atoms with Crippen LogP contribution in [-0.4, -0.2) is 4.57 Å². The highest BCUT2D eigenvalue weighted by molar-refractivity contribution is 7.26. The van der Waals surface area contributed by atoms with E-state index in [4.69, 9.17) is 0 Å². The lowest BCUT2D eigenvalue weighted by molar-refractivity contribution is 0.768. The van der Waals surface area contributed by atoms with E-state index in [1.807, 2.05) is 11.3 Å². The fourth-order valence-corrected chi connectivity index (χ4v) is 13.7. The molecule has 14 aromatic rings. The minimum Gasteiger partial charge on any atom is -0.310 e. The first-order valence-electron chi connectivity index (χ1n) is 26.1. The third-order valence-corrected chi connectivity index (χ3v) is 17.1. The number of thiophene rings is 1. The van der Waals surface area contributed by atoms with Crippen LogP contribution in [-0.2, 0) is 5.41 Å². The van der Waals surface area contributed by atoms with Crippen LogP contribution in [0.1, 0.15) is 22.3 Å². The Hall–Kier alpha value is -9.54. The molecule has 356 valence electrons. The molecule has 76 heavy (non-hydrogen) atoms. The lowest BCUT2D eigenvalue weighted by Gasteiger charge is -2.34. The van der Waals surface area contributed by atoms with E-state index in [0.717, 1.165) is 28.3 Å². The number of anilines is 3. The monoisotopic (exact) mass is 984 g/mol. The zero-order chi connectivity index (χ0) is 50.2. The van der Waals surface area contributed by atoms with Crippen molar-refractivity contribution in [2.24, 2.45) is 0 Å². The van der Waals surface area contributed by atoms with Crippen LogP contribution in [0, 0.1) is 0 Å². The largest absolute Gasteiger partial charge is 0.310 e. The van der Waals surface area contributed by atoms with Gasteiger partial charge in [0.15, 0.2) is 0 Å². The summed E-state index contributed by atoms with van der Waals surface area (Å²) in [6.07, 6.45) is 0. The SMILES string of the molecule is c1ccc(C2(c3ccccc3)c3ccccc3-c3cc(N(c4ccc(-c5ccc(-n6c7ccccc7c7ccccc76)cc5)cc4)c4ccc(-c5cccc(-c6cccc7c6sc6ccccc67)c5)cc4)ccc32)cc1. The Morgan fingerprint density at radius 1 is 0.303 bits per heavy atom. The number of nitrogens with zero attached hydrogens (tertiary/aromatic N) is 2. The van der Waals surface area contributed by atoms with Crippen molar-refractivity contribution in [2.75, 3.05) is 4.90 Å². The number of rotatable bonds is 9. The van der Waals surface area contributed by atoms with Gasteiger partial charge < -0.3 is 9.47 Å². The quantitative estimate of drug-likeness (QED) is 0.140. The van der Waals surface area contributed by atoms with Crippen molar-refractivity contribution in [1.29, 1.82) is 0 Å². The Morgan fingerprint density at radius 2 is 0.789 bits per heavy atom. The third-order valence-electron chi connectivity index (χ3n) is 15.9. The van der Waals surface area contributed by atoms with E-state index in [1.165, 1.54) is 103 Å². The van der Waals surface area contributed by atoms with Gasteiger partial charge in [0.05, 0.1) is 16.4 Å². The molecule has 0 saturated carbocycles. The van der Waals surface area contributed by atoms with E-state index < -0.39 is 5.41 Å². The molecule has 0 N–H and O–H groups in total. The summed E-state index contributed by atoms with van der Waals surface area (Å²) in [6, 6.07) is 107. The topological polar surface area (TPSA) is 8.17 Å². The summed E-state index contributed by atoms with van der Waals surface area (Å²) in [6.45, 7) is 0. The summed E-state index contributed by atoms with van der Waals surface area (Å²) in [5.41, 5.74) is 21.2. The van der Waals surface area contributed by atoms with Crippen LogP contribution in [0.5, 0.6) is 0 Å². The molecule has 12 aromatic carbocycles. The predicted octanol–water partition coefficient (Wildman–Crippen LogP) is 20.0. The predicted molar refractivity (Wildman–Crippen MR) is 322 cm³/mol. The fraction of sp³-hybridized carbons (Fsp3) is 0.0137. The molecule has 0 unspecified atom stereocenters. The second-order valence-electron chi connectivity index (χ2n) is 20.0. The molecule has 1 aliphatic rings. The molecule has 1 aliphatic carbocycles. The molecule has 0 spiro atoms. The van der Waals surface area contributed by atoms with Crippen LogP contribution in [0.3, 0.4) is 0 Å². The van der Waals surface area contributed by atoms with Crippen molar-refractivity contribution in [3.63, 3.8) is 0 Å². The first-order valence-corrected chi connectivity index (χ1v) is 27.0. The molecule has 2 aromatic heterocycles. The highest BCUT2D eigenvalue weighted by Gasteiger charge is 2.46. The normalized spacial score (nSPS) is 12.6. The van der Waals surface area contributed by atoms with Crippen LogP contribution in [0.2, 0.25) is 0 Å². The Bertz CT molecular complexity index is 4400. The number of fused-ring (bicyclic) bond motifs is 9. The first kappa shape index (κ1) is 44.0. The van der Waals surface area contributed by atoms with Crippen molar-refractivity contribution >= 4 is 70.4 Å². The van der Waals surface area contributed by atoms with E-state index in [1.54, 1.807) is 0 Å². The molecule has 0 atom stereocenters. The number of para-hydroxylation sites is 2. The minimum absolute atomic E-state index is 0.477. The maximum Gasteiger partial charge on any atom is 0.0713 e. The molecular formula is C73H48N2S. The van der Waals surface area contributed by atoms with Gasteiger partial charge in [-0.15, -0.1) is 11.3 Å². The summed E-state index contributed by atoms with van der Waals surface area (Å²) >= 11 is 1.88. The van der Waals surface area contributed by atoms with Gasteiger partial charge in [-0.3, -0.25) is 0 Å². The molecule has 0 radical (unpaired) electrons. The van der Waals surface area contributed by atoms with Crippen molar-refractivity contribution < 1.29 is 0 Å². The fourth-order valence-electron chi connectivity index (χ4n) is 12.5. The average Bonchev–Trinajstić information content (AvgIpc) is 4.25. The third kappa shape index (κ3) is 6.94. The summed E-state index contributed by atoms with van der Waals surface area (Å²) in [5.74, 6) is 0. The van der Waals surface area contributed by atoms with Gasteiger partial charge in [-0.2, -0.15) is 0 Å². The first-order chi connectivity index (χ1) is 37.7. The lowest BCUT2D eigenvalue weighted by atomic mass is 9.68. The van der Waals surface area contributed by atoms with E-state index in [-0.39, 0.29) is 0 Å². The van der Waals surface area contributed by atoms with E-state index in [2.05, 4.69) is 301 Å². The highest BCUT2D eigenvalue weighted by atomic mass is 32.1. The second kappa shape index (κ2) is 17.8. The van der Waals surface area contributed by atoms with Crippen LogP contribution >= 0.6 is 11.3 Å². The van der Waals surface area contributed by atoms with Crippen molar-refractivity contribution in [3.8, 4) is 50.2 Å². The summed E-state index contributed by atoms with van der Waals surface area (Å²) in [7, 11) is 0. The standard InChI is InChI=1S/C73H48N2S/c1-3-19-54(20-4-1)73(55-21-5-2-6-22-55)67-29-11-7-23-61(67)66-48-59(45-46-68(66)73)74(56-39-33-49(34-40-56)50-35-43-58(44-36-50)75-69-30-12-8-24-62(69)63-25-9-13-31-70(63)75)57-41-37-51(38-42-57)52-17-15-18-53(47-52)60-27-16-28-65-64-26-10-14-32-71(64)76-72(60)65/h1-48H. The van der Waals surface area contributed by atoms with Crippen LogP contribution < -0.4 is 4.90 Å². The van der Waals surface area contributed by atoms with Crippen LogP contribution in [0.25, 0.3) is 92.2 Å². The Morgan fingerprint density at radius 3 is 1.46 bits per heavy atom. The van der Waals surface area contributed by atoms with Gasteiger partial charge in [0, 0.05) is 53.7 Å². The zero-order valence-electron chi connectivity index (χ0n) is 41.5. The van der Waals surface area contributed by atoms with Crippen molar-refractivity contribution in [3.05, 3.63) is 313 Å². The maximum absolute atomic E-state index is 2.43. The number of benzene rings is 12. The molecular weight excluding hydrogens is 937 g/mol. The van der Waals surface area contributed by atoms with E-state index in [9.17, 15) is 0 Å². The molecule has 0 aliphatic heterocycles. The van der Waals surface area contributed by atoms with Gasteiger partial charge in [-0.1, -0.05) is 218 Å². The molecule has 0 amide bonds. The van der Waals surface area contributed by atoms with E-state index in [0.29, 0.717) is 0 Å². The van der Waals surface area contributed by atoms with Crippen molar-refractivity contribution in [1.82, 2.24) is 4.57 Å². The number of hydrogen-bond donors (Lipinski definition) is 0. The Kier molecular flexibility index (Phi) is 10.3. The zero-order valence-corrected chi connectivity index (χ0v) is 42.3. The van der Waals surface area contributed by atoms with Gasteiger partial charge in [-0.05, 0) is 140 Å². The van der Waals surface area contributed by atoms with Crippen LogP contribution in [0.4, 0.5) is 17.1 Å². The van der Waals surface area contributed by atoms with Crippen LogP contribution in [0.15, 0.2) is 291 Å². The van der Waals surface area contributed by atoms with Crippen molar-refractivity contribution in [2.45, 2.75) is 5.41 Å². The molecule has 2 nitrogen and oxygen atoms in total. The lowest BCUT2D eigenvalue weighted by Crippen LogP contribution is -2.28. The molecule has 2 heterocycles. The molecule has 3 heteroatoms. The second-order valence-corrected chi connectivity index (χ2v) is 21.0. The summed E-state index contributed by atoms with van der Waals surface area (Å²) < 4.78 is 5.03. The van der Waals surface area contributed by atoms with Gasteiger partial charge in [0.1, 0.15) is 0 Å². The van der Waals surface area contributed by atoms with Gasteiger partial charge >= 0.3 is 0 Å². The van der Waals surface area contributed by atoms with Gasteiger partial charge in [-0.25, -0.2) is 0 Å². The highest BCUT2D eigenvalue weighted by Crippen LogP contribution is 2.57. The Labute approximate surface area is 446 Å². The molecule has 0 saturated heterocycles. The minimum atomic E-state index is -0.477. The molecule has 15 rings (SSSR count). The van der Waals surface area contributed by atoms with Gasteiger partial charge in [0.2, 0.25) is 0 Å². The van der Waals surface area contributed by atoms with Gasteiger partial charge in [0.25, 0.3) is 0 Å². The summed E-state index contributed by atoms with van der Waals surface area (Å²) in [4.78, 5) is 2.42. The Balaban J connectivity index is 0.835. The average molecular weight is 985 g/mol.